The molecule has 0 fully saturated rings. The highest BCUT2D eigenvalue weighted by Crippen LogP contribution is 2.05. The Hall–Kier alpha value is -2.24. The summed E-state index contributed by atoms with van der Waals surface area (Å²) in [6.07, 6.45) is 0.708. The van der Waals surface area contributed by atoms with E-state index in [2.05, 4.69) is 5.32 Å². The topological polar surface area (TPSA) is 89.3 Å². The Morgan fingerprint density at radius 2 is 1.85 bits per heavy atom. The third-order valence-electron chi connectivity index (χ3n) is 2.86. The van der Waals surface area contributed by atoms with E-state index in [4.69, 9.17) is 5.73 Å². The molecule has 0 saturated carbocycles. The molecule has 0 bridgehead atoms. The number of ketones is 1. The van der Waals surface area contributed by atoms with Crippen molar-refractivity contribution in [1.82, 2.24) is 5.32 Å². The summed E-state index contributed by atoms with van der Waals surface area (Å²) in [6, 6.07) is 3.99. The monoisotopic (exact) mass is 280 g/mol. The van der Waals surface area contributed by atoms with E-state index < -0.39 is 23.7 Å². The summed E-state index contributed by atoms with van der Waals surface area (Å²) >= 11 is 0. The maximum Gasteiger partial charge on any atom is 0.251 e. The van der Waals surface area contributed by atoms with Crippen LogP contribution >= 0.6 is 0 Å². The molecule has 108 valence electrons. The van der Waals surface area contributed by atoms with E-state index >= 15 is 0 Å². The van der Waals surface area contributed by atoms with Gasteiger partial charge in [0.2, 0.25) is 5.91 Å². The molecule has 0 radical (unpaired) electrons. The maximum atomic E-state index is 12.7. The van der Waals surface area contributed by atoms with Crippen molar-refractivity contribution in [3.8, 4) is 0 Å². The van der Waals surface area contributed by atoms with Crippen LogP contribution in [0.2, 0.25) is 0 Å². The predicted octanol–water partition coefficient (Wildman–Crippen LogP) is 1.17. The van der Waals surface area contributed by atoms with Crippen LogP contribution in [0.4, 0.5) is 4.39 Å². The van der Waals surface area contributed by atoms with E-state index in [0.29, 0.717) is 6.42 Å². The highest BCUT2D eigenvalue weighted by atomic mass is 19.1. The van der Waals surface area contributed by atoms with Gasteiger partial charge in [0.15, 0.2) is 0 Å². The molecule has 0 unspecified atom stereocenters. The van der Waals surface area contributed by atoms with Gasteiger partial charge < -0.3 is 11.1 Å². The normalized spacial score (nSPS) is 11.7. The van der Waals surface area contributed by atoms with Gasteiger partial charge in [-0.3, -0.25) is 14.4 Å². The Labute approximate surface area is 116 Å². The van der Waals surface area contributed by atoms with Gasteiger partial charge >= 0.3 is 0 Å². The molecule has 5 nitrogen and oxygen atoms in total. The van der Waals surface area contributed by atoms with Crippen molar-refractivity contribution in [3.05, 3.63) is 35.6 Å². The molecule has 2 amide bonds. The molecule has 0 heterocycles. The summed E-state index contributed by atoms with van der Waals surface area (Å²) in [5.74, 6) is -1.70. The smallest absolute Gasteiger partial charge is 0.251 e. The van der Waals surface area contributed by atoms with Crippen LogP contribution in [0.3, 0.4) is 0 Å². The summed E-state index contributed by atoms with van der Waals surface area (Å²) in [5.41, 5.74) is 5.41. The molecule has 0 spiro atoms. The Morgan fingerprint density at radius 3 is 2.35 bits per heavy atom. The van der Waals surface area contributed by atoms with E-state index in [1.165, 1.54) is 12.1 Å². The zero-order chi connectivity index (χ0) is 15.1. The quantitative estimate of drug-likeness (QED) is 0.785. The average Bonchev–Trinajstić information content (AvgIpc) is 2.43. The number of hydrogen-bond acceptors (Lipinski definition) is 3. The van der Waals surface area contributed by atoms with Crippen LogP contribution in [0.15, 0.2) is 24.3 Å². The molecule has 0 aliphatic carbocycles. The highest BCUT2D eigenvalue weighted by molar-refractivity contribution is 5.97. The lowest BCUT2D eigenvalue weighted by Gasteiger charge is -2.15. The van der Waals surface area contributed by atoms with E-state index in [-0.39, 0.29) is 24.2 Å². The number of nitrogens with two attached hydrogens (primary N) is 1. The molecule has 1 aromatic rings. The average molecular weight is 280 g/mol. The van der Waals surface area contributed by atoms with Crippen LogP contribution < -0.4 is 11.1 Å². The van der Waals surface area contributed by atoms with Crippen LogP contribution in [0.1, 0.15) is 36.5 Å². The third-order valence-corrected chi connectivity index (χ3v) is 2.86. The Balaban J connectivity index is 2.65. The van der Waals surface area contributed by atoms with Crippen molar-refractivity contribution in [2.45, 2.75) is 32.2 Å². The predicted molar refractivity (Wildman–Crippen MR) is 71.4 cm³/mol. The minimum Gasteiger partial charge on any atom is -0.368 e. The van der Waals surface area contributed by atoms with E-state index in [1.54, 1.807) is 6.92 Å². The van der Waals surface area contributed by atoms with Gasteiger partial charge in [0, 0.05) is 18.4 Å². The van der Waals surface area contributed by atoms with Gasteiger partial charge in [-0.25, -0.2) is 4.39 Å². The van der Waals surface area contributed by atoms with E-state index in [0.717, 1.165) is 12.1 Å². The molecule has 1 atom stereocenters. The van der Waals surface area contributed by atoms with Crippen molar-refractivity contribution >= 4 is 17.6 Å². The summed E-state index contributed by atoms with van der Waals surface area (Å²) in [5, 5.41) is 2.44. The van der Waals surface area contributed by atoms with Crippen molar-refractivity contribution in [2.75, 3.05) is 0 Å². The molecule has 0 aliphatic heterocycles. The number of carbonyl (C=O) groups is 3. The fourth-order valence-corrected chi connectivity index (χ4v) is 1.61. The summed E-state index contributed by atoms with van der Waals surface area (Å²) in [4.78, 5) is 34.3. The number of halogens is 1. The number of Topliss-reactive ketones (excluding diaryl/α,β-unsaturated/α-hetero) is 1. The van der Waals surface area contributed by atoms with Crippen LogP contribution in [0.5, 0.6) is 0 Å². The molecule has 0 aromatic heterocycles. The zero-order valence-electron chi connectivity index (χ0n) is 11.2. The standard InChI is InChI=1S/C14H17FN2O3/c1-2-11(18)7-8-12(13(16)19)17-14(20)9-3-5-10(15)6-4-9/h3-6,12H,2,7-8H2,1H3,(H2,16,19)(H,17,20)/t12-/m0/s1. The second-order valence-corrected chi connectivity index (χ2v) is 4.37. The first kappa shape index (κ1) is 15.8. The second-order valence-electron chi connectivity index (χ2n) is 4.37. The van der Waals surface area contributed by atoms with Crippen molar-refractivity contribution in [1.29, 1.82) is 0 Å². The van der Waals surface area contributed by atoms with Crippen LogP contribution in [-0.2, 0) is 9.59 Å². The molecular weight excluding hydrogens is 263 g/mol. The van der Waals surface area contributed by atoms with Gasteiger partial charge in [-0.1, -0.05) is 6.92 Å². The van der Waals surface area contributed by atoms with Gasteiger partial charge in [-0.2, -0.15) is 0 Å². The number of primary amides is 1. The third kappa shape index (κ3) is 4.79. The van der Waals surface area contributed by atoms with E-state index in [1.807, 2.05) is 0 Å². The summed E-state index contributed by atoms with van der Waals surface area (Å²) in [7, 11) is 0. The van der Waals surface area contributed by atoms with Crippen molar-refractivity contribution < 1.29 is 18.8 Å². The lowest BCUT2D eigenvalue weighted by atomic mass is 10.1. The minimum atomic E-state index is -0.914. The Kier molecular flexibility index (Phi) is 5.83. The van der Waals surface area contributed by atoms with Gasteiger partial charge in [-0.15, -0.1) is 0 Å². The first-order valence-electron chi connectivity index (χ1n) is 6.31. The largest absolute Gasteiger partial charge is 0.368 e. The lowest BCUT2D eigenvalue weighted by molar-refractivity contribution is -0.121. The van der Waals surface area contributed by atoms with Crippen LogP contribution in [0, 0.1) is 5.82 Å². The second kappa shape index (κ2) is 7.37. The molecule has 1 aromatic carbocycles. The molecule has 0 saturated heterocycles. The Bertz CT molecular complexity index is 500. The van der Waals surface area contributed by atoms with Crippen LogP contribution in [0.25, 0.3) is 0 Å². The van der Waals surface area contributed by atoms with Gasteiger partial charge in [0.05, 0.1) is 0 Å². The number of amides is 2. The first-order valence-corrected chi connectivity index (χ1v) is 6.31. The molecule has 20 heavy (non-hydrogen) atoms. The summed E-state index contributed by atoms with van der Waals surface area (Å²) in [6.45, 7) is 1.72. The fourth-order valence-electron chi connectivity index (χ4n) is 1.61. The minimum absolute atomic E-state index is 0.00715. The van der Waals surface area contributed by atoms with E-state index in [9.17, 15) is 18.8 Å². The van der Waals surface area contributed by atoms with Gasteiger partial charge in [-0.05, 0) is 30.7 Å². The van der Waals surface area contributed by atoms with Crippen LogP contribution in [-0.4, -0.2) is 23.6 Å². The fraction of sp³-hybridized carbons (Fsp3) is 0.357. The molecule has 6 heteroatoms. The van der Waals surface area contributed by atoms with Crippen molar-refractivity contribution in [3.63, 3.8) is 0 Å². The molecule has 1 rings (SSSR count). The number of nitrogens with one attached hydrogen (secondary N) is 1. The molecule has 0 aliphatic rings. The number of rotatable bonds is 7. The lowest BCUT2D eigenvalue weighted by Crippen LogP contribution is -2.44. The number of hydrogen-bond donors (Lipinski definition) is 2. The summed E-state index contributed by atoms with van der Waals surface area (Å²) < 4.78 is 12.7. The maximum absolute atomic E-state index is 12.7. The highest BCUT2D eigenvalue weighted by Gasteiger charge is 2.19. The zero-order valence-corrected chi connectivity index (χ0v) is 11.2. The molecule has 3 N–H and O–H groups in total. The van der Waals surface area contributed by atoms with Gasteiger partial charge in [0.25, 0.3) is 5.91 Å². The SMILES string of the molecule is CCC(=O)CC[C@H](NC(=O)c1ccc(F)cc1)C(N)=O. The molecular formula is C14H17FN2O3. The number of carbonyl (C=O) groups excluding carboxylic acids is 3. The Morgan fingerprint density at radius 1 is 1.25 bits per heavy atom. The number of benzene rings is 1. The first-order chi connectivity index (χ1) is 9.43. The van der Waals surface area contributed by atoms with Gasteiger partial charge in [0.1, 0.15) is 17.6 Å². The van der Waals surface area contributed by atoms with Crippen molar-refractivity contribution in [2.24, 2.45) is 5.73 Å².